The molecule has 1 aliphatic rings. The topological polar surface area (TPSA) is 43.4 Å². The molecule has 0 N–H and O–H groups in total. The standard InChI is InChI=1S/C12H12O3/c1-3-7-4-8-9(13)6-10(14)12(8)11(5-7)15-2/h4-5H,3,6H2,1-2H3. The molecule has 2 rings (SSSR count). The number of Topliss-reactive ketones (excluding diaryl/α,β-unsaturated/α-hetero) is 2. The molecule has 0 spiro atoms. The van der Waals surface area contributed by atoms with Crippen LogP contribution in [0, 0.1) is 0 Å². The van der Waals surface area contributed by atoms with Crippen molar-refractivity contribution in [3.63, 3.8) is 0 Å². The zero-order valence-corrected chi connectivity index (χ0v) is 8.79. The van der Waals surface area contributed by atoms with Gasteiger partial charge in [0.05, 0.1) is 19.1 Å². The number of carbonyl (C=O) groups excluding carboxylic acids is 2. The second kappa shape index (κ2) is 3.50. The SMILES string of the molecule is CCc1cc(OC)c2c(c1)C(=O)CC2=O. The Labute approximate surface area is 88.1 Å². The highest BCUT2D eigenvalue weighted by Gasteiger charge is 2.30. The number of ether oxygens (including phenoxy) is 1. The highest BCUT2D eigenvalue weighted by molar-refractivity contribution is 6.25. The minimum Gasteiger partial charge on any atom is -0.496 e. The zero-order chi connectivity index (χ0) is 11.0. The van der Waals surface area contributed by atoms with Crippen LogP contribution in [0.2, 0.25) is 0 Å². The number of carbonyl (C=O) groups is 2. The quantitative estimate of drug-likeness (QED) is 0.692. The fraction of sp³-hybridized carbons (Fsp3) is 0.333. The maximum absolute atomic E-state index is 11.6. The van der Waals surface area contributed by atoms with Gasteiger partial charge in [-0.1, -0.05) is 6.92 Å². The molecule has 1 aliphatic carbocycles. The van der Waals surface area contributed by atoms with E-state index < -0.39 is 0 Å². The molecule has 0 fully saturated rings. The lowest BCUT2D eigenvalue weighted by Gasteiger charge is -2.07. The molecule has 0 heterocycles. The van der Waals surface area contributed by atoms with Gasteiger partial charge in [0.15, 0.2) is 11.6 Å². The lowest BCUT2D eigenvalue weighted by molar-refractivity contribution is 0.0922. The van der Waals surface area contributed by atoms with Crippen LogP contribution >= 0.6 is 0 Å². The molecular weight excluding hydrogens is 192 g/mol. The normalized spacial score (nSPS) is 14.3. The molecule has 0 unspecified atom stereocenters. The summed E-state index contributed by atoms with van der Waals surface area (Å²) in [6.07, 6.45) is 0.809. The van der Waals surface area contributed by atoms with Crippen LogP contribution < -0.4 is 4.74 Å². The fourth-order valence-electron chi connectivity index (χ4n) is 1.87. The minimum absolute atomic E-state index is 0.0150. The maximum atomic E-state index is 11.6. The summed E-state index contributed by atoms with van der Waals surface area (Å²) < 4.78 is 5.15. The van der Waals surface area contributed by atoms with Crippen molar-refractivity contribution in [2.75, 3.05) is 7.11 Å². The smallest absolute Gasteiger partial charge is 0.175 e. The predicted octanol–water partition coefficient (Wildman–Crippen LogP) is 2.03. The fourth-order valence-corrected chi connectivity index (χ4v) is 1.87. The summed E-state index contributed by atoms with van der Waals surface area (Å²) in [5.74, 6) is 0.304. The summed E-state index contributed by atoms with van der Waals surface area (Å²) in [5, 5.41) is 0. The Balaban J connectivity index is 2.67. The van der Waals surface area contributed by atoms with Crippen LogP contribution in [0.3, 0.4) is 0 Å². The third-order valence-electron chi connectivity index (χ3n) is 2.69. The van der Waals surface area contributed by atoms with Crippen molar-refractivity contribution in [1.29, 1.82) is 0 Å². The van der Waals surface area contributed by atoms with Gasteiger partial charge < -0.3 is 4.74 Å². The Morgan fingerprint density at radius 2 is 2.00 bits per heavy atom. The number of hydrogen-bond donors (Lipinski definition) is 0. The highest BCUT2D eigenvalue weighted by Crippen LogP contribution is 2.32. The first-order valence-corrected chi connectivity index (χ1v) is 4.94. The lowest BCUT2D eigenvalue weighted by atomic mass is 10.0. The third kappa shape index (κ3) is 1.44. The number of ketones is 2. The number of hydrogen-bond acceptors (Lipinski definition) is 3. The molecule has 3 nitrogen and oxygen atoms in total. The van der Waals surface area contributed by atoms with Gasteiger partial charge >= 0.3 is 0 Å². The monoisotopic (exact) mass is 204 g/mol. The summed E-state index contributed by atoms with van der Waals surface area (Å²) in [5.41, 5.74) is 2.00. The number of rotatable bonds is 2. The van der Waals surface area contributed by atoms with Crippen molar-refractivity contribution in [2.24, 2.45) is 0 Å². The highest BCUT2D eigenvalue weighted by atomic mass is 16.5. The van der Waals surface area contributed by atoms with E-state index in [1.807, 2.05) is 13.0 Å². The summed E-state index contributed by atoms with van der Waals surface area (Å²) in [4.78, 5) is 23.1. The second-order valence-corrected chi connectivity index (χ2v) is 3.60. The van der Waals surface area contributed by atoms with Gasteiger partial charge in [-0.05, 0) is 24.1 Å². The minimum atomic E-state index is -0.130. The van der Waals surface area contributed by atoms with Gasteiger partial charge in [0.25, 0.3) is 0 Å². The van der Waals surface area contributed by atoms with E-state index >= 15 is 0 Å². The average molecular weight is 204 g/mol. The zero-order valence-electron chi connectivity index (χ0n) is 8.79. The van der Waals surface area contributed by atoms with Gasteiger partial charge in [0.1, 0.15) is 5.75 Å². The average Bonchev–Trinajstić information content (AvgIpc) is 2.53. The molecule has 15 heavy (non-hydrogen) atoms. The van der Waals surface area contributed by atoms with Gasteiger partial charge in [0.2, 0.25) is 0 Å². The van der Waals surface area contributed by atoms with Crippen LogP contribution in [0.4, 0.5) is 0 Å². The summed E-state index contributed by atoms with van der Waals surface area (Å²) >= 11 is 0. The summed E-state index contributed by atoms with van der Waals surface area (Å²) in [6.45, 7) is 2.00. The van der Waals surface area contributed by atoms with Crippen molar-refractivity contribution in [2.45, 2.75) is 19.8 Å². The van der Waals surface area contributed by atoms with Crippen LogP contribution in [-0.2, 0) is 6.42 Å². The van der Waals surface area contributed by atoms with E-state index in [1.165, 1.54) is 7.11 Å². The van der Waals surface area contributed by atoms with Crippen LogP contribution in [-0.4, -0.2) is 18.7 Å². The van der Waals surface area contributed by atoms with E-state index in [1.54, 1.807) is 6.07 Å². The Morgan fingerprint density at radius 3 is 2.60 bits per heavy atom. The number of methoxy groups -OCH3 is 1. The maximum Gasteiger partial charge on any atom is 0.175 e. The molecule has 0 radical (unpaired) electrons. The van der Waals surface area contributed by atoms with Crippen molar-refractivity contribution >= 4 is 11.6 Å². The molecule has 0 aromatic heterocycles. The Kier molecular flexibility index (Phi) is 2.31. The molecule has 0 saturated carbocycles. The van der Waals surface area contributed by atoms with Gasteiger partial charge in [-0.2, -0.15) is 0 Å². The summed E-state index contributed by atoms with van der Waals surface area (Å²) in [6, 6.07) is 3.63. The third-order valence-corrected chi connectivity index (χ3v) is 2.69. The van der Waals surface area contributed by atoms with Crippen molar-refractivity contribution in [3.8, 4) is 5.75 Å². The van der Waals surface area contributed by atoms with E-state index in [9.17, 15) is 9.59 Å². The van der Waals surface area contributed by atoms with Crippen molar-refractivity contribution in [1.82, 2.24) is 0 Å². The first-order valence-electron chi connectivity index (χ1n) is 4.94. The van der Waals surface area contributed by atoms with Gasteiger partial charge in [-0.25, -0.2) is 0 Å². The predicted molar refractivity (Wildman–Crippen MR) is 55.7 cm³/mol. The lowest BCUT2D eigenvalue weighted by Crippen LogP contribution is -1.98. The van der Waals surface area contributed by atoms with Crippen molar-refractivity contribution < 1.29 is 14.3 Å². The molecule has 0 saturated heterocycles. The molecule has 0 aliphatic heterocycles. The number of aryl methyl sites for hydroxylation is 1. The van der Waals surface area contributed by atoms with E-state index in [0.717, 1.165) is 12.0 Å². The molecule has 0 atom stereocenters. The molecule has 78 valence electrons. The first kappa shape index (κ1) is 9.90. The van der Waals surface area contributed by atoms with Crippen LogP contribution in [0.1, 0.15) is 39.6 Å². The summed E-state index contributed by atoms with van der Waals surface area (Å²) in [7, 11) is 1.52. The first-order chi connectivity index (χ1) is 7.17. The van der Waals surface area contributed by atoms with Crippen molar-refractivity contribution in [3.05, 3.63) is 28.8 Å². The van der Waals surface area contributed by atoms with Crippen LogP contribution in [0.5, 0.6) is 5.75 Å². The van der Waals surface area contributed by atoms with Crippen LogP contribution in [0.15, 0.2) is 12.1 Å². The van der Waals surface area contributed by atoms with Crippen LogP contribution in [0.25, 0.3) is 0 Å². The Morgan fingerprint density at radius 1 is 1.27 bits per heavy atom. The Hall–Kier alpha value is -1.64. The molecule has 1 aromatic carbocycles. The van der Waals surface area contributed by atoms with Gasteiger partial charge in [-0.3, -0.25) is 9.59 Å². The molecule has 3 heteroatoms. The van der Waals surface area contributed by atoms with E-state index in [4.69, 9.17) is 4.74 Å². The van der Waals surface area contributed by atoms with E-state index in [2.05, 4.69) is 0 Å². The largest absolute Gasteiger partial charge is 0.496 e. The number of benzene rings is 1. The molecule has 1 aromatic rings. The van der Waals surface area contributed by atoms with Gasteiger partial charge in [-0.15, -0.1) is 0 Å². The molecular formula is C12H12O3. The van der Waals surface area contributed by atoms with E-state index in [0.29, 0.717) is 16.9 Å². The Bertz CT molecular complexity index is 446. The number of fused-ring (bicyclic) bond motifs is 1. The van der Waals surface area contributed by atoms with Gasteiger partial charge in [0, 0.05) is 5.56 Å². The molecule has 0 bridgehead atoms. The molecule has 0 amide bonds. The van der Waals surface area contributed by atoms with E-state index in [-0.39, 0.29) is 18.0 Å². The second-order valence-electron chi connectivity index (χ2n) is 3.60.